The largest absolute Gasteiger partial charge is 0.290 e. The molecule has 2 heterocycles. The van der Waals surface area contributed by atoms with E-state index in [-0.39, 0.29) is 35.0 Å². The van der Waals surface area contributed by atoms with E-state index in [0.717, 1.165) is 52.2 Å². The van der Waals surface area contributed by atoms with E-state index >= 15 is 0 Å². The van der Waals surface area contributed by atoms with Gasteiger partial charge in [-0.15, -0.1) is 22.7 Å². The Labute approximate surface area is 194 Å². The Balaban J connectivity index is 1.34. The Kier molecular flexibility index (Phi) is 2.61. The molecule has 0 aliphatic heterocycles. The lowest BCUT2D eigenvalue weighted by Crippen LogP contribution is -2.66. The van der Waals surface area contributed by atoms with Gasteiger partial charge in [0.25, 0.3) is 0 Å². The van der Waals surface area contributed by atoms with E-state index in [1.807, 2.05) is 36.4 Å². The predicted octanol–water partition coefficient (Wildman–Crippen LogP) is 4.52. The van der Waals surface area contributed by atoms with Crippen molar-refractivity contribution < 1.29 is 19.2 Å². The molecule has 2 aromatic heterocycles. The van der Waals surface area contributed by atoms with Crippen LogP contribution in [0.2, 0.25) is 0 Å². The normalized spacial score (nSPS) is 31.9. The molecular formula is C27H12O4S2. The number of ketones is 4. The van der Waals surface area contributed by atoms with Gasteiger partial charge in [-0.05, 0) is 34.4 Å². The number of fused-ring (bicyclic) bond motifs is 6. The van der Waals surface area contributed by atoms with Gasteiger partial charge >= 0.3 is 0 Å². The molecule has 6 aliphatic rings. The summed E-state index contributed by atoms with van der Waals surface area (Å²) >= 11 is 3.30. The van der Waals surface area contributed by atoms with Crippen molar-refractivity contribution in [2.24, 2.45) is 5.92 Å². The third-order valence-electron chi connectivity index (χ3n) is 8.61. The van der Waals surface area contributed by atoms with E-state index in [1.165, 1.54) is 0 Å². The molecule has 0 saturated heterocycles. The van der Waals surface area contributed by atoms with Gasteiger partial charge in [-0.25, -0.2) is 0 Å². The number of hydrogen-bond acceptors (Lipinski definition) is 6. The zero-order valence-corrected chi connectivity index (χ0v) is 18.5. The summed E-state index contributed by atoms with van der Waals surface area (Å²) in [5, 5.41) is 1.07. The second-order valence-corrected chi connectivity index (χ2v) is 11.8. The maximum Gasteiger partial charge on any atom is 0.212 e. The highest BCUT2D eigenvalue weighted by molar-refractivity contribution is 7.33. The lowest BCUT2D eigenvalue weighted by molar-refractivity contribution is -0.154. The quantitative estimate of drug-likeness (QED) is 0.284. The van der Waals surface area contributed by atoms with Gasteiger partial charge in [-0.2, -0.15) is 0 Å². The van der Waals surface area contributed by atoms with Gasteiger partial charge in [0.2, 0.25) is 23.1 Å². The highest BCUT2D eigenvalue weighted by Crippen LogP contribution is 2.67. The molecule has 1 saturated carbocycles. The lowest BCUT2D eigenvalue weighted by Gasteiger charge is -2.54. The number of Topliss-reactive ketones (excluding diaryl/α,β-unsaturated/α-hetero) is 4. The summed E-state index contributed by atoms with van der Waals surface area (Å²) in [6.07, 6.45) is 3.94. The molecule has 0 amide bonds. The molecule has 10 rings (SSSR count). The molecule has 2 bridgehead atoms. The van der Waals surface area contributed by atoms with Crippen molar-refractivity contribution in [3.05, 3.63) is 81.2 Å². The van der Waals surface area contributed by atoms with Crippen LogP contribution in [0.4, 0.5) is 0 Å². The summed E-state index contributed by atoms with van der Waals surface area (Å²) in [7, 11) is 0. The van der Waals surface area contributed by atoms with Crippen LogP contribution in [0.3, 0.4) is 0 Å². The van der Waals surface area contributed by atoms with E-state index in [2.05, 4.69) is 12.1 Å². The zero-order chi connectivity index (χ0) is 22.0. The molecule has 2 aromatic carbocycles. The van der Waals surface area contributed by atoms with Gasteiger partial charge in [-0.1, -0.05) is 36.4 Å². The van der Waals surface area contributed by atoms with E-state index in [0.29, 0.717) is 0 Å². The minimum Gasteiger partial charge on any atom is -0.290 e. The van der Waals surface area contributed by atoms with Gasteiger partial charge in [0.1, 0.15) is 0 Å². The molecule has 33 heavy (non-hydrogen) atoms. The summed E-state index contributed by atoms with van der Waals surface area (Å²) < 4.78 is 3.32. The van der Waals surface area contributed by atoms with Crippen LogP contribution in [-0.4, -0.2) is 23.1 Å². The van der Waals surface area contributed by atoms with Crippen LogP contribution >= 0.6 is 22.7 Å². The monoisotopic (exact) mass is 464 g/mol. The SMILES string of the molecule is O=C1C(=O)C2c3ccccc3C1c1sc3c(sc4cc5c(cc43)C34C(=O)C(=O)C3C=CC54)c12. The maximum absolute atomic E-state index is 13.1. The summed E-state index contributed by atoms with van der Waals surface area (Å²) in [6.45, 7) is 0. The second kappa shape index (κ2) is 4.98. The highest BCUT2D eigenvalue weighted by Gasteiger charge is 2.73. The van der Waals surface area contributed by atoms with Crippen LogP contribution in [-0.2, 0) is 24.6 Å². The Bertz CT molecular complexity index is 1780. The van der Waals surface area contributed by atoms with Crippen molar-refractivity contribution in [3.63, 3.8) is 0 Å². The zero-order valence-electron chi connectivity index (χ0n) is 16.9. The fourth-order valence-corrected chi connectivity index (χ4v) is 10.2. The first-order chi connectivity index (χ1) is 16.0. The second-order valence-electron chi connectivity index (χ2n) is 9.70. The number of carbonyl (C=O) groups excluding carboxylic acids is 4. The molecular weight excluding hydrogens is 452 g/mol. The summed E-state index contributed by atoms with van der Waals surface area (Å²) in [4.78, 5) is 51.9. The van der Waals surface area contributed by atoms with Crippen molar-refractivity contribution in [2.75, 3.05) is 0 Å². The summed E-state index contributed by atoms with van der Waals surface area (Å²) in [6, 6.07) is 12.1. The molecule has 0 radical (unpaired) electrons. The fraction of sp³-hybridized carbons (Fsp3) is 0.185. The van der Waals surface area contributed by atoms with Crippen LogP contribution in [0.1, 0.15) is 50.4 Å². The molecule has 5 atom stereocenters. The number of carbonyl (C=O) groups is 4. The first-order valence-corrected chi connectivity index (χ1v) is 12.6. The van der Waals surface area contributed by atoms with E-state index in [9.17, 15) is 19.2 Å². The smallest absolute Gasteiger partial charge is 0.212 e. The number of rotatable bonds is 0. The van der Waals surface area contributed by atoms with Crippen LogP contribution in [0.15, 0.2) is 48.6 Å². The minimum atomic E-state index is -0.674. The molecule has 5 unspecified atom stereocenters. The average molecular weight is 465 g/mol. The van der Waals surface area contributed by atoms with Gasteiger partial charge in [0.05, 0.1) is 32.6 Å². The number of hydrogen-bond donors (Lipinski definition) is 0. The Hall–Kier alpha value is -3.22. The van der Waals surface area contributed by atoms with Crippen molar-refractivity contribution in [3.8, 4) is 0 Å². The summed E-state index contributed by atoms with van der Waals surface area (Å²) in [5.41, 5.74) is 4.39. The molecule has 0 N–H and O–H groups in total. The van der Waals surface area contributed by atoms with Crippen LogP contribution in [0.25, 0.3) is 19.5 Å². The van der Waals surface area contributed by atoms with Gasteiger partial charge in [-0.3, -0.25) is 19.2 Å². The minimum absolute atomic E-state index is 0.00300. The van der Waals surface area contributed by atoms with Gasteiger partial charge in [0.15, 0.2) is 0 Å². The number of thiophene rings is 2. The van der Waals surface area contributed by atoms with Crippen molar-refractivity contribution >= 4 is 65.3 Å². The molecule has 1 fully saturated rings. The van der Waals surface area contributed by atoms with E-state index in [1.54, 1.807) is 22.7 Å². The summed E-state index contributed by atoms with van der Waals surface area (Å²) in [5.74, 6) is -2.45. The van der Waals surface area contributed by atoms with Gasteiger partial charge < -0.3 is 0 Å². The molecule has 6 heteroatoms. The Morgan fingerprint density at radius 3 is 2.27 bits per heavy atom. The number of allylic oxidation sites excluding steroid dienone is 2. The first kappa shape index (κ1) is 17.3. The number of benzene rings is 2. The topological polar surface area (TPSA) is 68.3 Å². The highest BCUT2D eigenvalue weighted by atomic mass is 32.1. The first-order valence-electron chi connectivity index (χ1n) is 11.0. The molecule has 6 aliphatic carbocycles. The Morgan fingerprint density at radius 2 is 1.45 bits per heavy atom. The third-order valence-corrected chi connectivity index (χ3v) is 11.2. The van der Waals surface area contributed by atoms with Crippen LogP contribution < -0.4 is 0 Å². The van der Waals surface area contributed by atoms with Crippen molar-refractivity contribution in [1.82, 2.24) is 0 Å². The third kappa shape index (κ3) is 1.51. The van der Waals surface area contributed by atoms with Crippen molar-refractivity contribution in [1.29, 1.82) is 0 Å². The predicted molar refractivity (Wildman–Crippen MR) is 124 cm³/mol. The molecule has 4 nitrogen and oxygen atoms in total. The molecule has 4 aromatic rings. The maximum atomic E-state index is 13.1. The fourth-order valence-electron chi connectivity index (χ4n) is 7.24. The van der Waals surface area contributed by atoms with Crippen molar-refractivity contribution in [2.45, 2.75) is 23.2 Å². The molecule has 1 spiro atoms. The van der Waals surface area contributed by atoms with Crippen LogP contribution in [0.5, 0.6) is 0 Å². The molecule has 156 valence electrons. The average Bonchev–Trinajstić information content (AvgIpc) is 3.46. The van der Waals surface area contributed by atoms with Crippen LogP contribution in [0, 0.1) is 5.92 Å². The Morgan fingerprint density at radius 1 is 0.727 bits per heavy atom. The van der Waals surface area contributed by atoms with E-state index < -0.39 is 17.3 Å². The van der Waals surface area contributed by atoms with E-state index in [4.69, 9.17) is 0 Å². The van der Waals surface area contributed by atoms with Gasteiger partial charge in [0, 0.05) is 26.4 Å². The lowest BCUT2D eigenvalue weighted by atomic mass is 9.44. The standard InChI is InChI=1S/C27H12O4S2/c28-20-14-6-5-13-11-8-16-12(7-15(11)27(13,14)26(20)31)23-25(32-16)19-17-9-3-1-2-4-10(9)18(24(19)33-23)22(30)21(17)29/h1-8,13-14,17-18H.